The van der Waals surface area contributed by atoms with Gasteiger partial charge in [0.05, 0.1) is 12.1 Å². The predicted molar refractivity (Wildman–Crippen MR) is 136 cm³/mol. The number of rotatable bonds is 14. The number of nitrogens with one attached hydrogen (secondary N) is 2. The SMILES string of the molecule is CC(CCCO)COc1ccc(OCC(O)CNCCc2ccc3c(c2)OCO3)c2ccc(=O)[nH]c12. The fourth-order valence-corrected chi connectivity index (χ4v) is 4.04. The monoisotopic (exact) mass is 498 g/mol. The molecule has 4 rings (SSSR count). The third-order valence-corrected chi connectivity index (χ3v) is 6.03. The zero-order valence-corrected chi connectivity index (χ0v) is 20.5. The van der Waals surface area contributed by atoms with E-state index >= 15 is 0 Å². The molecule has 1 aromatic heterocycles. The van der Waals surface area contributed by atoms with E-state index in [1.54, 1.807) is 18.2 Å². The normalized spacial score (nSPS) is 14.1. The molecular formula is C27H34N2O7. The van der Waals surface area contributed by atoms with E-state index in [1.165, 1.54) is 6.07 Å². The molecule has 36 heavy (non-hydrogen) atoms. The molecule has 9 heteroatoms. The van der Waals surface area contributed by atoms with Crippen LogP contribution in [0.2, 0.25) is 0 Å². The van der Waals surface area contributed by atoms with Gasteiger partial charge in [0.1, 0.15) is 24.2 Å². The summed E-state index contributed by atoms with van der Waals surface area (Å²) in [5.41, 5.74) is 1.46. The lowest BCUT2D eigenvalue weighted by Gasteiger charge is -2.17. The molecule has 0 radical (unpaired) electrons. The Kier molecular flexibility index (Phi) is 9.05. The van der Waals surface area contributed by atoms with Crippen LogP contribution in [0.25, 0.3) is 10.9 Å². The van der Waals surface area contributed by atoms with Gasteiger partial charge < -0.3 is 39.5 Å². The first-order valence-corrected chi connectivity index (χ1v) is 12.3. The molecule has 0 spiro atoms. The summed E-state index contributed by atoms with van der Waals surface area (Å²) in [5, 5.41) is 23.4. The molecule has 0 aliphatic carbocycles. The number of aliphatic hydroxyl groups is 2. The van der Waals surface area contributed by atoms with Gasteiger partial charge in [-0.15, -0.1) is 0 Å². The second-order valence-corrected chi connectivity index (χ2v) is 9.06. The van der Waals surface area contributed by atoms with E-state index in [2.05, 4.69) is 17.2 Å². The highest BCUT2D eigenvalue weighted by atomic mass is 16.7. The molecule has 0 bridgehead atoms. The first-order valence-electron chi connectivity index (χ1n) is 12.3. The van der Waals surface area contributed by atoms with Crippen molar-refractivity contribution in [3.05, 3.63) is 58.4 Å². The number of hydrogen-bond donors (Lipinski definition) is 4. The van der Waals surface area contributed by atoms with Crippen LogP contribution in [0.4, 0.5) is 0 Å². The first kappa shape index (κ1) is 25.8. The van der Waals surface area contributed by atoms with Crippen molar-refractivity contribution < 1.29 is 29.2 Å². The molecule has 1 aliphatic heterocycles. The number of hydrogen-bond acceptors (Lipinski definition) is 8. The van der Waals surface area contributed by atoms with Gasteiger partial charge in [0.2, 0.25) is 12.4 Å². The fraction of sp³-hybridized carbons (Fsp3) is 0.444. The second-order valence-electron chi connectivity index (χ2n) is 9.06. The number of benzene rings is 2. The molecule has 2 atom stereocenters. The molecular weight excluding hydrogens is 464 g/mol. The Hall–Kier alpha value is -3.27. The molecule has 2 unspecified atom stereocenters. The molecule has 194 valence electrons. The van der Waals surface area contributed by atoms with Gasteiger partial charge in [-0.25, -0.2) is 0 Å². The third-order valence-electron chi connectivity index (χ3n) is 6.03. The van der Waals surface area contributed by atoms with Gasteiger partial charge in [-0.3, -0.25) is 4.79 Å². The van der Waals surface area contributed by atoms with E-state index in [1.807, 2.05) is 18.2 Å². The van der Waals surface area contributed by atoms with Gasteiger partial charge in [-0.2, -0.15) is 0 Å². The van der Waals surface area contributed by atoms with Crippen LogP contribution in [0.15, 0.2) is 47.3 Å². The van der Waals surface area contributed by atoms with Crippen molar-refractivity contribution in [3.8, 4) is 23.0 Å². The van der Waals surface area contributed by atoms with E-state index in [0.29, 0.717) is 42.1 Å². The predicted octanol–water partition coefficient (Wildman–Crippen LogP) is 2.62. The number of pyridine rings is 1. The van der Waals surface area contributed by atoms with Crippen LogP contribution >= 0.6 is 0 Å². The number of fused-ring (bicyclic) bond motifs is 2. The largest absolute Gasteiger partial charge is 0.491 e. The molecule has 1 aliphatic rings. The van der Waals surface area contributed by atoms with E-state index in [0.717, 1.165) is 36.3 Å². The topological polar surface area (TPSA) is 122 Å². The Morgan fingerprint density at radius 2 is 1.86 bits per heavy atom. The highest BCUT2D eigenvalue weighted by molar-refractivity contribution is 5.89. The minimum atomic E-state index is -0.706. The highest BCUT2D eigenvalue weighted by Gasteiger charge is 2.14. The number of ether oxygens (including phenoxy) is 4. The van der Waals surface area contributed by atoms with Gasteiger partial charge in [0.25, 0.3) is 0 Å². The maximum Gasteiger partial charge on any atom is 0.248 e. The molecule has 2 aromatic carbocycles. The first-order chi connectivity index (χ1) is 17.5. The third kappa shape index (κ3) is 6.90. The van der Waals surface area contributed by atoms with Crippen molar-refractivity contribution in [2.45, 2.75) is 32.3 Å². The zero-order valence-electron chi connectivity index (χ0n) is 20.5. The Labute approximate surface area is 210 Å². The summed E-state index contributed by atoms with van der Waals surface area (Å²) < 4.78 is 22.6. The van der Waals surface area contributed by atoms with Crippen LogP contribution < -0.4 is 29.8 Å². The summed E-state index contributed by atoms with van der Waals surface area (Å²) >= 11 is 0. The van der Waals surface area contributed by atoms with Crippen LogP contribution in [0, 0.1) is 5.92 Å². The van der Waals surface area contributed by atoms with Crippen LogP contribution in [-0.4, -0.2) is 61.0 Å². The number of aromatic amines is 1. The number of aromatic nitrogens is 1. The second kappa shape index (κ2) is 12.6. The molecule has 0 saturated heterocycles. The Morgan fingerprint density at radius 3 is 2.72 bits per heavy atom. The van der Waals surface area contributed by atoms with Gasteiger partial charge in [-0.05, 0) is 67.6 Å². The molecule has 0 amide bonds. The van der Waals surface area contributed by atoms with Gasteiger partial charge >= 0.3 is 0 Å². The van der Waals surface area contributed by atoms with Gasteiger partial charge in [-0.1, -0.05) is 13.0 Å². The summed E-state index contributed by atoms with van der Waals surface area (Å²) in [6.45, 7) is 4.13. The Morgan fingerprint density at radius 1 is 1.06 bits per heavy atom. The molecule has 0 saturated carbocycles. The maximum absolute atomic E-state index is 12.0. The van der Waals surface area contributed by atoms with Crippen molar-refractivity contribution >= 4 is 10.9 Å². The lowest BCUT2D eigenvalue weighted by Crippen LogP contribution is -2.32. The van der Waals surface area contributed by atoms with Crippen molar-refractivity contribution in [2.75, 3.05) is 39.7 Å². The Bertz CT molecular complexity index is 1200. The highest BCUT2D eigenvalue weighted by Crippen LogP contribution is 2.33. The van der Waals surface area contributed by atoms with Crippen molar-refractivity contribution in [2.24, 2.45) is 5.92 Å². The van der Waals surface area contributed by atoms with Crippen molar-refractivity contribution in [1.29, 1.82) is 0 Å². The fourth-order valence-electron chi connectivity index (χ4n) is 4.04. The average molecular weight is 499 g/mol. The summed E-state index contributed by atoms with van der Waals surface area (Å²) in [4.78, 5) is 14.8. The lowest BCUT2D eigenvalue weighted by atomic mass is 10.1. The minimum Gasteiger partial charge on any atom is -0.491 e. The molecule has 4 N–H and O–H groups in total. The van der Waals surface area contributed by atoms with Crippen molar-refractivity contribution in [1.82, 2.24) is 10.3 Å². The summed E-state index contributed by atoms with van der Waals surface area (Å²) in [7, 11) is 0. The van der Waals surface area contributed by atoms with Crippen LogP contribution in [0.1, 0.15) is 25.3 Å². The molecule has 9 nitrogen and oxygen atoms in total. The zero-order chi connectivity index (χ0) is 25.3. The Balaban J connectivity index is 1.28. The number of H-pyrrole nitrogens is 1. The molecule has 3 aromatic rings. The summed E-state index contributed by atoms with van der Waals surface area (Å²) in [6, 6.07) is 12.6. The quantitative estimate of drug-likeness (QED) is 0.250. The van der Waals surface area contributed by atoms with Crippen LogP contribution in [0.3, 0.4) is 0 Å². The minimum absolute atomic E-state index is 0.101. The van der Waals surface area contributed by atoms with Crippen molar-refractivity contribution in [3.63, 3.8) is 0 Å². The number of aliphatic hydroxyl groups excluding tert-OH is 2. The van der Waals surface area contributed by atoms with E-state index in [9.17, 15) is 9.90 Å². The van der Waals surface area contributed by atoms with Crippen LogP contribution in [0.5, 0.6) is 23.0 Å². The summed E-state index contributed by atoms with van der Waals surface area (Å²) in [6.07, 6.45) is 1.67. The van der Waals surface area contributed by atoms with Gasteiger partial charge in [0, 0.05) is 24.6 Å². The smallest absolute Gasteiger partial charge is 0.248 e. The maximum atomic E-state index is 12.0. The van der Waals surface area contributed by atoms with E-state index < -0.39 is 6.10 Å². The van der Waals surface area contributed by atoms with E-state index in [4.69, 9.17) is 24.1 Å². The molecule has 0 fully saturated rings. The molecule has 2 heterocycles. The van der Waals surface area contributed by atoms with Crippen LogP contribution in [-0.2, 0) is 6.42 Å². The summed E-state index contributed by atoms with van der Waals surface area (Å²) in [5.74, 6) is 2.93. The lowest BCUT2D eigenvalue weighted by molar-refractivity contribution is 0.107. The van der Waals surface area contributed by atoms with Gasteiger partial charge in [0.15, 0.2) is 11.5 Å². The average Bonchev–Trinajstić information content (AvgIpc) is 3.35. The standard InChI is InChI=1S/C27H34N2O7/c1-18(3-2-12-30)15-33-24-8-7-22(21-5-9-26(32)29-27(21)24)34-16-20(31)14-28-11-10-19-4-6-23-25(13-19)36-17-35-23/h4-9,13,18,20,28,30-31H,2-3,10-12,14-17H2,1H3,(H,29,32). The van der Waals surface area contributed by atoms with E-state index in [-0.39, 0.29) is 31.5 Å².